The van der Waals surface area contributed by atoms with Gasteiger partial charge in [-0.25, -0.2) is 0 Å². The van der Waals surface area contributed by atoms with Gasteiger partial charge in [-0.3, -0.25) is 9.78 Å². The molecule has 0 bridgehead atoms. The second kappa shape index (κ2) is 5.36. The lowest BCUT2D eigenvalue weighted by atomic mass is 10.1. The molecule has 0 aliphatic heterocycles. The van der Waals surface area contributed by atoms with Crippen LogP contribution in [0.5, 0.6) is 0 Å². The molecule has 0 saturated carbocycles. The number of para-hydroxylation sites is 1. The first-order valence-corrected chi connectivity index (χ1v) is 6.44. The van der Waals surface area contributed by atoms with Gasteiger partial charge in [-0.2, -0.15) is 0 Å². The highest BCUT2D eigenvalue weighted by atomic mass is 35.5. The SMILES string of the molecule is CCc1nc2ccccc2c(NC(=O)CCl)c1C. The zero-order valence-electron chi connectivity index (χ0n) is 10.5. The van der Waals surface area contributed by atoms with Gasteiger partial charge >= 0.3 is 0 Å². The van der Waals surface area contributed by atoms with Crippen LogP contribution in [0.4, 0.5) is 5.69 Å². The first-order valence-electron chi connectivity index (χ1n) is 5.91. The molecule has 94 valence electrons. The van der Waals surface area contributed by atoms with Gasteiger partial charge < -0.3 is 5.32 Å². The average molecular weight is 263 g/mol. The van der Waals surface area contributed by atoms with E-state index < -0.39 is 0 Å². The third-order valence-corrected chi connectivity index (χ3v) is 3.20. The van der Waals surface area contributed by atoms with E-state index in [1.165, 1.54) is 0 Å². The molecular formula is C14H15ClN2O. The Morgan fingerprint density at radius 2 is 2.11 bits per heavy atom. The number of fused-ring (bicyclic) bond motifs is 1. The van der Waals surface area contributed by atoms with Gasteiger partial charge in [0.15, 0.2) is 0 Å². The Bertz CT molecular complexity index is 596. The van der Waals surface area contributed by atoms with Crippen LogP contribution in [0.3, 0.4) is 0 Å². The van der Waals surface area contributed by atoms with E-state index in [4.69, 9.17) is 11.6 Å². The summed E-state index contributed by atoms with van der Waals surface area (Å²) in [7, 11) is 0. The minimum Gasteiger partial charge on any atom is -0.324 e. The fraction of sp³-hybridized carbons (Fsp3) is 0.286. The lowest BCUT2D eigenvalue weighted by molar-refractivity contribution is -0.113. The van der Waals surface area contributed by atoms with Gasteiger partial charge in [-0.05, 0) is 25.0 Å². The number of aryl methyl sites for hydroxylation is 1. The summed E-state index contributed by atoms with van der Waals surface area (Å²) in [4.78, 5) is 16.1. The molecule has 1 amide bonds. The van der Waals surface area contributed by atoms with E-state index in [1.54, 1.807) is 0 Å². The molecule has 2 rings (SSSR count). The zero-order chi connectivity index (χ0) is 13.1. The second-order valence-corrected chi connectivity index (χ2v) is 4.38. The number of nitrogens with one attached hydrogen (secondary N) is 1. The zero-order valence-corrected chi connectivity index (χ0v) is 11.2. The quantitative estimate of drug-likeness (QED) is 0.863. The molecule has 18 heavy (non-hydrogen) atoms. The first kappa shape index (κ1) is 12.8. The summed E-state index contributed by atoms with van der Waals surface area (Å²) in [6.07, 6.45) is 0.834. The molecule has 0 spiro atoms. The number of carbonyl (C=O) groups is 1. The van der Waals surface area contributed by atoms with E-state index in [0.29, 0.717) is 0 Å². The highest BCUT2D eigenvalue weighted by Crippen LogP contribution is 2.28. The number of nitrogens with zero attached hydrogens (tertiary/aromatic N) is 1. The standard InChI is InChI=1S/C14H15ClN2O/c1-3-11-9(2)14(17-13(18)8-15)10-6-4-5-7-12(10)16-11/h4-7H,3,8H2,1-2H3,(H,16,17,18). The summed E-state index contributed by atoms with van der Waals surface area (Å²) in [5.41, 5.74) is 3.72. The number of carbonyl (C=O) groups excluding carboxylic acids is 1. The van der Waals surface area contributed by atoms with Crippen molar-refractivity contribution in [1.29, 1.82) is 0 Å². The van der Waals surface area contributed by atoms with Gasteiger partial charge in [0.05, 0.1) is 11.2 Å². The number of amides is 1. The highest BCUT2D eigenvalue weighted by Gasteiger charge is 2.12. The average Bonchev–Trinajstić information content (AvgIpc) is 2.41. The van der Waals surface area contributed by atoms with Crippen LogP contribution in [0.15, 0.2) is 24.3 Å². The van der Waals surface area contributed by atoms with E-state index in [2.05, 4.69) is 17.2 Å². The fourth-order valence-electron chi connectivity index (χ4n) is 2.04. The Labute approximate surface area is 111 Å². The summed E-state index contributed by atoms with van der Waals surface area (Å²) in [5.74, 6) is -0.240. The van der Waals surface area contributed by atoms with Gasteiger partial charge in [0.2, 0.25) is 5.91 Å². The predicted molar refractivity (Wildman–Crippen MR) is 75.2 cm³/mol. The van der Waals surface area contributed by atoms with Crippen molar-refractivity contribution in [2.24, 2.45) is 0 Å². The molecule has 1 heterocycles. The van der Waals surface area contributed by atoms with E-state index in [1.807, 2.05) is 31.2 Å². The number of alkyl halides is 1. The molecule has 4 heteroatoms. The van der Waals surface area contributed by atoms with E-state index >= 15 is 0 Å². The number of aromatic nitrogens is 1. The molecule has 0 fully saturated rings. The van der Waals surface area contributed by atoms with Crippen LogP contribution in [0, 0.1) is 6.92 Å². The van der Waals surface area contributed by atoms with Crippen LogP contribution >= 0.6 is 11.6 Å². The van der Waals surface area contributed by atoms with Gasteiger partial charge in [0, 0.05) is 11.1 Å². The number of hydrogen-bond acceptors (Lipinski definition) is 2. The summed E-state index contributed by atoms with van der Waals surface area (Å²) in [6.45, 7) is 4.03. The number of rotatable bonds is 3. The molecule has 3 nitrogen and oxygen atoms in total. The number of benzene rings is 1. The van der Waals surface area contributed by atoms with Gasteiger partial charge in [-0.15, -0.1) is 11.6 Å². The molecule has 0 radical (unpaired) electrons. The highest BCUT2D eigenvalue weighted by molar-refractivity contribution is 6.29. The Morgan fingerprint density at radius 1 is 1.39 bits per heavy atom. The van der Waals surface area contributed by atoms with Crippen molar-refractivity contribution < 1.29 is 4.79 Å². The Balaban J connectivity index is 2.66. The van der Waals surface area contributed by atoms with Crippen molar-refractivity contribution in [2.45, 2.75) is 20.3 Å². The summed E-state index contributed by atoms with van der Waals surface area (Å²) in [6, 6.07) is 7.78. The fourth-order valence-corrected chi connectivity index (χ4v) is 2.10. The van der Waals surface area contributed by atoms with Crippen molar-refractivity contribution in [3.63, 3.8) is 0 Å². The Morgan fingerprint density at radius 3 is 2.78 bits per heavy atom. The Hall–Kier alpha value is -1.61. The van der Waals surface area contributed by atoms with Crippen molar-refractivity contribution >= 4 is 34.1 Å². The normalized spacial score (nSPS) is 10.6. The molecule has 0 unspecified atom stereocenters. The molecule has 2 aromatic rings. The van der Waals surface area contributed by atoms with Crippen molar-refractivity contribution in [3.05, 3.63) is 35.5 Å². The molecule has 0 atom stereocenters. The van der Waals surface area contributed by atoms with Crippen LogP contribution < -0.4 is 5.32 Å². The molecule has 1 aromatic heterocycles. The lowest BCUT2D eigenvalue weighted by Crippen LogP contribution is -2.15. The van der Waals surface area contributed by atoms with Gasteiger partial charge in [0.1, 0.15) is 5.88 Å². The van der Waals surface area contributed by atoms with Crippen LogP contribution in [0.2, 0.25) is 0 Å². The molecule has 1 aromatic carbocycles. The molecular weight excluding hydrogens is 248 g/mol. The summed E-state index contributed by atoms with van der Waals surface area (Å²) in [5, 5.41) is 3.82. The minimum absolute atomic E-state index is 0.0441. The molecule has 0 aliphatic rings. The molecule has 1 N–H and O–H groups in total. The Kier molecular flexibility index (Phi) is 3.82. The van der Waals surface area contributed by atoms with Crippen molar-refractivity contribution in [3.8, 4) is 0 Å². The third-order valence-electron chi connectivity index (χ3n) is 2.96. The maximum absolute atomic E-state index is 11.5. The van der Waals surface area contributed by atoms with E-state index in [0.717, 1.165) is 34.3 Å². The maximum Gasteiger partial charge on any atom is 0.239 e. The molecule has 0 aliphatic carbocycles. The second-order valence-electron chi connectivity index (χ2n) is 4.11. The van der Waals surface area contributed by atoms with Crippen LogP contribution in [0.25, 0.3) is 10.9 Å². The summed E-state index contributed by atoms with van der Waals surface area (Å²) < 4.78 is 0. The molecule has 0 saturated heterocycles. The van der Waals surface area contributed by atoms with Gasteiger partial charge in [-0.1, -0.05) is 25.1 Å². The predicted octanol–water partition coefficient (Wildman–Crippen LogP) is 3.28. The monoisotopic (exact) mass is 262 g/mol. The summed E-state index contributed by atoms with van der Waals surface area (Å²) >= 11 is 5.55. The van der Waals surface area contributed by atoms with Gasteiger partial charge in [0.25, 0.3) is 0 Å². The first-order chi connectivity index (χ1) is 8.67. The maximum atomic E-state index is 11.5. The van der Waals surface area contributed by atoms with Crippen LogP contribution in [-0.4, -0.2) is 16.8 Å². The van der Waals surface area contributed by atoms with Crippen LogP contribution in [0.1, 0.15) is 18.2 Å². The largest absolute Gasteiger partial charge is 0.324 e. The van der Waals surface area contributed by atoms with Crippen LogP contribution in [-0.2, 0) is 11.2 Å². The van der Waals surface area contributed by atoms with Crippen molar-refractivity contribution in [1.82, 2.24) is 4.98 Å². The number of anilines is 1. The number of halogens is 1. The lowest BCUT2D eigenvalue weighted by Gasteiger charge is -2.14. The minimum atomic E-state index is -0.196. The third kappa shape index (κ3) is 2.31. The van der Waals surface area contributed by atoms with E-state index in [9.17, 15) is 4.79 Å². The number of hydrogen-bond donors (Lipinski definition) is 1. The smallest absolute Gasteiger partial charge is 0.239 e. The van der Waals surface area contributed by atoms with E-state index in [-0.39, 0.29) is 11.8 Å². The number of pyridine rings is 1. The topological polar surface area (TPSA) is 42.0 Å². The van der Waals surface area contributed by atoms with Crippen molar-refractivity contribution in [2.75, 3.05) is 11.2 Å².